The number of amides is 3. The standard InChI is InChI=1S/C27H32F3N5O2/c1-5-6-16-34(25(37)31-21-15-11-10-14-20(21)27(28,29)30)18-24(36)32-23-17-22(26(2,3)4)33-35(23)19-12-8-7-9-13-19/h7-15,17H,5-6,16,18H2,1-4H3,(H,31,37)(H,32,36). The number of alkyl halides is 3. The Hall–Kier alpha value is -3.82. The van der Waals surface area contributed by atoms with Gasteiger partial charge >= 0.3 is 12.2 Å². The molecule has 0 aliphatic heterocycles. The lowest BCUT2D eigenvalue weighted by atomic mass is 9.92. The van der Waals surface area contributed by atoms with Crippen molar-refractivity contribution in [2.45, 2.75) is 52.1 Å². The molecule has 37 heavy (non-hydrogen) atoms. The Bertz CT molecular complexity index is 1220. The number of aromatic nitrogens is 2. The molecule has 2 N–H and O–H groups in total. The Morgan fingerprint density at radius 2 is 1.62 bits per heavy atom. The molecule has 3 aromatic rings. The van der Waals surface area contributed by atoms with Gasteiger partial charge in [-0.1, -0.05) is 64.4 Å². The Kier molecular flexibility index (Phi) is 8.62. The Balaban J connectivity index is 1.82. The van der Waals surface area contributed by atoms with Gasteiger partial charge in [-0.2, -0.15) is 18.3 Å². The summed E-state index contributed by atoms with van der Waals surface area (Å²) in [6, 6.07) is 15.0. The van der Waals surface area contributed by atoms with Crippen molar-refractivity contribution in [1.29, 1.82) is 0 Å². The quantitative estimate of drug-likeness (QED) is 0.361. The number of nitrogens with zero attached hydrogens (tertiary/aromatic N) is 3. The van der Waals surface area contributed by atoms with E-state index in [4.69, 9.17) is 0 Å². The first kappa shape index (κ1) is 27.8. The van der Waals surface area contributed by atoms with Crippen molar-refractivity contribution in [3.05, 3.63) is 71.9 Å². The zero-order valence-electron chi connectivity index (χ0n) is 21.4. The van der Waals surface area contributed by atoms with Crippen LogP contribution in [-0.4, -0.2) is 39.7 Å². The minimum absolute atomic E-state index is 0.203. The van der Waals surface area contributed by atoms with Crippen LogP contribution in [0.3, 0.4) is 0 Å². The lowest BCUT2D eigenvalue weighted by Crippen LogP contribution is -2.41. The van der Waals surface area contributed by atoms with Crippen molar-refractivity contribution in [2.24, 2.45) is 0 Å². The lowest BCUT2D eigenvalue weighted by Gasteiger charge is -2.23. The molecule has 0 saturated heterocycles. The van der Waals surface area contributed by atoms with Gasteiger partial charge in [0.2, 0.25) is 5.91 Å². The number of hydrogen-bond donors (Lipinski definition) is 2. The van der Waals surface area contributed by atoms with Crippen LogP contribution in [-0.2, 0) is 16.4 Å². The average molecular weight is 516 g/mol. The summed E-state index contributed by atoms with van der Waals surface area (Å²) in [5.41, 5.74) is -0.0875. The summed E-state index contributed by atoms with van der Waals surface area (Å²) in [6.45, 7) is 7.80. The molecule has 10 heteroatoms. The van der Waals surface area contributed by atoms with Crippen LogP contribution in [0.25, 0.3) is 5.69 Å². The first-order valence-corrected chi connectivity index (χ1v) is 12.1. The van der Waals surface area contributed by atoms with E-state index in [0.717, 1.165) is 23.9 Å². The third-order valence-corrected chi connectivity index (χ3v) is 5.62. The minimum atomic E-state index is -4.63. The highest BCUT2D eigenvalue weighted by molar-refractivity contribution is 5.97. The summed E-state index contributed by atoms with van der Waals surface area (Å²) in [5.74, 6) is -0.0627. The molecule has 2 aromatic carbocycles. The molecule has 7 nitrogen and oxygen atoms in total. The van der Waals surface area contributed by atoms with Gasteiger partial charge in [-0.3, -0.25) is 4.79 Å². The van der Waals surface area contributed by atoms with E-state index in [1.165, 1.54) is 23.1 Å². The summed E-state index contributed by atoms with van der Waals surface area (Å²) < 4.78 is 41.8. The molecule has 0 bridgehead atoms. The molecule has 1 aromatic heterocycles. The second kappa shape index (κ2) is 11.5. The summed E-state index contributed by atoms with van der Waals surface area (Å²) in [6.07, 6.45) is -3.31. The van der Waals surface area contributed by atoms with Gasteiger partial charge < -0.3 is 15.5 Å². The van der Waals surface area contributed by atoms with Crippen molar-refractivity contribution in [3.63, 3.8) is 0 Å². The second-order valence-electron chi connectivity index (χ2n) is 9.71. The molecule has 0 spiro atoms. The van der Waals surface area contributed by atoms with E-state index in [-0.39, 0.29) is 24.2 Å². The van der Waals surface area contributed by atoms with Crippen LogP contribution in [0.15, 0.2) is 60.7 Å². The minimum Gasteiger partial charge on any atom is -0.315 e. The molecule has 0 aliphatic rings. The molecule has 3 amide bonds. The molecule has 0 aliphatic carbocycles. The third kappa shape index (κ3) is 7.34. The van der Waals surface area contributed by atoms with Gasteiger partial charge in [-0.25, -0.2) is 9.48 Å². The second-order valence-corrected chi connectivity index (χ2v) is 9.71. The van der Waals surface area contributed by atoms with Crippen LogP contribution in [0.5, 0.6) is 0 Å². The number of carbonyl (C=O) groups is 2. The normalized spacial score (nSPS) is 11.8. The van der Waals surface area contributed by atoms with Crippen molar-refractivity contribution in [1.82, 2.24) is 14.7 Å². The van der Waals surface area contributed by atoms with E-state index in [0.29, 0.717) is 12.2 Å². The molecular formula is C27H32F3N5O2. The number of hydrogen-bond acceptors (Lipinski definition) is 3. The fraction of sp³-hybridized carbons (Fsp3) is 0.370. The van der Waals surface area contributed by atoms with Crippen LogP contribution in [0, 0.1) is 0 Å². The van der Waals surface area contributed by atoms with Crippen LogP contribution in [0.4, 0.5) is 29.5 Å². The van der Waals surface area contributed by atoms with Crippen molar-refractivity contribution in [2.75, 3.05) is 23.7 Å². The molecule has 0 fully saturated rings. The third-order valence-electron chi connectivity index (χ3n) is 5.62. The van der Waals surface area contributed by atoms with Crippen LogP contribution < -0.4 is 10.6 Å². The van der Waals surface area contributed by atoms with E-state index in [2.05, 4.69) is 15.7 Å². The average Bonchev–Trinajstić information content (AvgIpc) is 3.26. The van der Waals surface area contributed by atoms with Crippen molar-refractivity contribution < 1.29 is 22.8 Å². The van der Waals surface area contributed by atoms with Crippen LogP contribution >= 0.6 is 0 Å². The highest BCUT2D eigenvalue weighted by Crippen LogP contribution is 2.34. The molecule has 1 heterocycles. The Morgan fingerprint density at radius 1 is 0.973 bits per heavy atom. The molecule has 0 radical (unpaired) electrons. The van der Waals surface area contributed by atoms with E-state index in [9.17, 15) is 22.8 Å². The monoisotopic (exact) mass is 515 g/mol. The number of rotatable bonds is 8. The topological polar surface area (TPSA) is 79.3 Å². The van der Waals surface area contributed by atoms with E-state index < -0.39 is 23.7 Å². The SMILES string of the molecule is CCCCN(CC(=O)Nc1cc(C(C)(C)C)nn1-c1ccccc1)C(=O)Nc1ccccc1C(F)(F)F. The lowest BCUT2D eigenvalue weighted by molar-refractivity contribution is -0.137. The maximum Gasteiger partial charge on any atom is 0.418 e. The molecule has 0 atom stereocenters. The summed E-state index contributed by atoms with van der Waals surface area (Å²) in [5, 5.41) is 9.81. The number of urea groups is 1. The predicted octanol–water partition coefficient (Wildman–Crippen LogP) is 6.46. The summed E-state index contributed by atoms with van der Waals surface area (Å²) in [7, 11) is 0. The predicted molar refractivity (Wildman–Crippen MR) is 138 cm³/mol. The fourth-order valence-electron chi connectivity index (χ4n) is 3.59. The molecular weight excluding hydrogens is 483 g/mol. The van der Waals surface area contributed by atoms with Crippen molar-refractivity contribution >= 4 is 23.4 Å². The smallest absolute Gasteiger partial charge is 0.315 e. The number of carbonyl (C=O) groups excluding carboxylic acids is 2. The van der Waals surface area contributed by atoms with Crippen LogP contribution in [0.1, 0.15) is 51.8 Å². The van der Waals surface area contributed by atoms with Gasteiger partial charge in [0.15, 0.2) is 0 Å². The van der Waals surface area contributed by atoms with E-state index >= 15 is 0 Å². The van der Waals surface area contributed by atoms with Crippen molar-refractivity contribution in [3.8, 4) is 5.69 Å². The highest BCUT2D eigenvalue weighted by Gasteiger charge is 2.34. The zero-order chi connectivity index (χ0) is 27.2. The maximum absolute atomic E-state index is 13.4. The molecule has 0 saturated carbocycles. The first-order chi connectivity index (χ1) is 17.4. The summed E-state index contributed by atoms with van der Waals surface area (Å²) >= 11 is 0. The number of benzene rings is 2. The van der Waals surface area contributed by atoms with Gasteiger partial charge in [-0.15, -0.1) is 0 Å². The van der Waals surface area contributed by atoms with Gasteiger partial charge in [0.25, 0.3) is 0 Å². The van der Waals surface area contributed by atoms with Gasteiger partial charge in [0, 0.05) is 18.0 Å². The largest absolute Gasteiger partial charge is 0.418 e. The van der Waals surface area contributed by atoms with E-state index in [1.54, 1.807) is 10.7 Å². The summed E-state index contributed by atoms with van der Waals surface area (Å²) in [4.78, 5) is 27.2. The fourth-order valence-corrected chi connectivity index (χ4v) is 3.59. The molecule has 0 unspecified atom stereocenters. The number of anilines is 2. The van der Waals surface area contributed by atoms with Gasteiger partial charge in [-0.05, 0) is 30.7 Å². The van der Waals surface area contributed by atoms with Gasteiger partial charge in [0.1, 0.15) is 12.4 Å². The Labute approximate surface area is 214 Å². The van der Waals surface area contributed by atoms with Gasteiger partial charge in [0.05, 0.1) is 22.6 Å². The number of nitrogens with one attached hydrogen (secondary N) is 2. The number of unbranched alkanes of at least 4 members (excludes halogenated alkanes) is 1. The number of halogens is 3. The molecule has 3 rings (SSSR count). The first-order valence-electron chi connectivity index (χ1n) is 12.1. The molecule has 198 valence electrons. The maximum atomic E-state index is 13.4. The van der Waals surface area contributed by atoms with Crippen LogP contribution in [0.2, 0.25) is 0 Å². The Morgan fingerprint density at radius 3 is 2.24 bits per heavy atom. The van der Waals surface area contributed by atoms with E-state index in [1.807, 2.05) is 58.0 Å². The highest BCUT2D eigenvalue weighted by atomic mass is 19.4. The zero-order valence-corrected chi connectivity index (χ0v) is 21.4. The number of para-hydroxylation sites is 2.